The summed E-state index contributed by atoms with van der Waals surface area (Å²) in [5.74, 6) is 0.115. The Morgan fingerprint density at radius 1 is 1.30 bits per heavy atom. The largest absolute Gasteiger partial charge is 0.396 e. The smallest absolute Gasteiger partial charge is 0.315 e. The van der Waals surface area contributed by atoms with Crippen molar-refractivity contribution >= 4 is 11.7 Å². The van der Waals surface area contributed by atoms with Crippen molar-refractivity contribution in [2.45, 2.75) is 38.1 Å². The Morgan fingerprint density at radius 2 is 2.04 bits per heavy atom. The standard InChI is InChI=1S/C16H23N3O4/c20-11-13-6-1-3-7-14(13)18-16(21)17-10-9-12-5-2-4-8-15(12)19(22)23/h2,4-5,8,13-14,20H,1,3,6-7,9-11H2,(H2,17,18,21)/t13-,14+/m1/s1. The Kier molecular flexibility index (Phi) is 6.34. The SMILES string of the molecule is O=C(NCCc1ccccc1[N+](=O)[O-])N[C@H]1CCCC[C@@H]1CO. The van der Waals surface area contributed by atoms with Crippen LogP contribution in [0.4, 0.5) is 10.5 Å². The number of urea groups is 1. The van der Waals surface area contributed by atoms with Crippen LogP contribution in [0.1, 0.15) is 31.2 Å². The van der Waals surface area contributed by atoms with Gasteiger partial charge in [-0.3, -0.25) is 10.1 Å². The molecular weight excluding hydrogens is 298 g/mol. The molecule has 1 aliphatic rings. The Bertz CT molecular complexity index is 550. The molecule has 3 N–H and O–H groups in total. The highest BCUT2D eigenvalue weighted by Crippen LogP contribution is 2.23. The fourth-order valence-corrected chi connectivity index (χ4v) is 3.05. The quantitative estimate of drug-likeness (QED) is 0.550. The molecule has 1 fully saturated rings. The molecule has 23 heavy (non-hydrogen) atoms. The van der Waals surface area contributed by atoms with E-state index in [0.29, 0.717) is 18.5 Å². The molecule has 1 saturated carbocycles. The van der Waals surface area contributed by atoms with Gasteiger partial charge in [0.2, 0.25) is 0 Å². The molecular formula is C16H23N3O4. The third-order valence-corrected chi connectivity index (χ3v) is 4.33. The Labute approximate surface area is 135 Å². The van der Waals surface area contributed by atoms with Gasteiger partial charge in [0.15, 0.2) is 0 Å². The van der Waals surface area contributed by atoms with Crippen molar-refractivity contribution in [2.24, 2.45) is 5.92 Å². The maximum Gasteiger partial charge on any atom is 0.315 e. The number of rotatable bonds is 6. The molecule has 126 valence electrons. The van der Waals surface area contributed by atoms with Gasteiger partial charge < -0.3 is 15.7 Å². The van der Waals surface area contributed by atoms with E-state index < -0.39 is 4.92 Å². The highest BCUT2D eigenvalue weighted by Gasteiger charge is 2.25. The lowest BCUT2D eigenvalue weighted by Crippen LogP contribution is -2.48. The average Bonchev–Trinajstić information content (AvgIpc) is 2.55. The summed E-state index contributed by atoms with van der Waals surface area (Å²) in [4.78, 5) is 22.5. The van der Waals surface area contributed by atoms with Crippen molar-refractivity contribution in [1.29, 1.82) is 0 Å². The molecule has 0 aromatic heterocycles. The van der Waals surface area contributed by atoms with Crippen molar-refractivity contribution in [3.05, 3.63) is 39.9 Å². The Morgan fingerprint density at radius 3 is 2.78 bits per heavy atom. The molecule has 1 aliphatic carbocycles. The summed E-state index contributed by atoms with van der Waals surface area (Å²) in [7, 11) is 0. The summed E-state index contributed by atoms with van der Waals surface area (Å²) in [5.41, 5.74) is 0.672. The topological polar surface area (TPSA) is 104 Å². The zero-order valence-corrected chi connectivity index (χ0v) is 13.0. The molecule has 2 amide bonds. The molecule has 7 heteroatoms. The maximum absolute atomic E-state index is 11.9. The predicted octanol–water partition coefficient (Wildman–Crippen LogP) is 1.99. The number of nitrogens with zero attached hydrogens (tertiary/aromatic N) is 1. The highest BCUT2D eigenvalue weighted by atomic mass is 16.6. The van der Waals surface area contributed by atoms with E-state index in [0.717, 1.165) is 25.7 Å². The number of nitrogens with one attached hydrogen (secondary N) is 2. The molecule has 0 radical (unpaired) electrons. The van der Waals surface area contributed by atoms with E-state index in [9.17, 15) is 20.0 Å². The molecule has 2 atom stereocenters. The molecule has 0 saturated heterocycles. The minimum Gasteiger partial charge on any atom is -0.396 e. The Balaban J connectivity index is 1.80. The fraction of sp³-hybridized carbons (Fsp3) is 0.562. The first-order chi connectivity index (χ1) is 11.1. The number of aliphatic hydroxyl groups excluding tert-OH is 1. The van der Waals surface area contributed by atoms with E-state index in [2.05, 4.69) is 10.6 Å². The van der Waals surface area contributed by atoms with Gasteiger partial charge in [0.25, 0.3) is 5.69 Å². The predicted molar refractivity (Wildman–Crippen MR) is 86.2 cm³/mol. The van der Waals surface area contributed by atoms with E-state index >= 15 is 0 Å². The maximum atomic E-state index is 11.9. The lowest BCUT2D eigenvalue weighted by molar-refractivity contribution is -0.385. The van der Waals surface area contributed by atoms with Crippen molar-refractivity contribution in [3.63, 3.8) is 0 Å². The van der Waals surface area contributed by atoms with Crippen LogP contribution < -0.4 is 10.6 Å². The van der Waals surface area contributed by atoms with E-state index in [1.807, 2.05) is 0 Å². The number of benzene rings is 1. The number of aliphatic hydroxyl groups is 1. The van der Waals surface area contributed by atoms with Crippen LogP contribution in [0, 0.1) is 16.0 Å². The van der Waals surface area contributed by atoms with Gasteiger partial charge in [0.1, 0.15) is 0 Å². The molecule has 1 aromatic rings. The Hall–Kier alpha value is -2.15. The number of carbonyl (C=O) groups excluding carboxylic acids is 1. The molecule has 0 spiro atoms. The van der Waals surface area contributed by atoms with Gasteiger partial charge >= 0.3 is 6.03 Å². The first-order valence-electron chi connectivity index (χ1n) is 7.99. The summed E-state index contributed by atoms with van der Waals surface area (Å²) in [6.07, 6.45) is 4.35. The molecule has 7 nitrogen and oxygen atoms in total. The van der Waals surface area contributed by atoms with E-state index in [-0.39, 0.29) is 30.3 Å². The average molecular weight is 321 g/mol. The minimum atomic E-state index is -0.413. The number of para-hydroxylation sites is 1. The van der Waals surface area contributed by atoms with Crippen LogP contribution in [0.2, 0.25) is 0 Å². The second-order valence-electron chi connectivity index (χ2n) is 5.87. The number of nitro groups is 1. The highest BCUT2D eigenvalue weighted by molar-refractivity contribution is 5.74. The van der Waals surface area contributed by atoms with Gasteiger partial charge in [0.05, 0.1) is 4.92 Å². The molecule has 0 heterocycles. The number of nitro benzene ring substituents is 1. The third-order valence-electron chi connectivity index (χ3n) is 4.33. The van der Waals surface area contributed by atoms with E-state index in [1.54, 1.807) is 18.2 Å². The second-order valence-corrected chi connectivity index (χ2v) is 5.87. The summed E-state index contributed by atoms with van der Waals surface area (Å²) in [6.45, 7) is 0.411. The van der Waals surface area contributed by atoms with Crippen LogP contribution in [0.5, 0.6) is 0 Å². The van der Waals surface area contributed by atoms with Gasteiger partial charge in [-0.1, -0.05) is 31.0 Å². The molecule has 2 rings (SSSR count). The van der Waals surface area contributed by atoms with Crippen LogP contribution in [-0.4, -0.2) is 35.3 Å². The first kappa shape index (κ1) is 17.2. The molecule has 0 aliphatic heterocycles. The van der Waals surface area contributed by atoms with Crippen molar-refractivity contribution in [2.75, 3.05) is 13.2 Å². The van der Waals surface area contributed by atoms with Gasteiger partial charge in [-0.2, -0.15) is 0 Å². The lowest BCUT2D eigenvalue weighted by atomic mass is 9.85. The third kappa shape index (κ3) is 4.92. The summed E-state index contributed by atoms with van der Waals surface area (Å²) >= 11 is 0. The van der Waals surface area contributed by atoms with Gasteiger partial charge in [-0.05, 0) is 19.3 Å². The minimum absolute atomic E-state index is 0.000175. The van der Waals surface area contributed by atoms with Crippen molar-refractivity contribution in [3.8, 4) is 0 Å². The monoisotopic (exact) mass is 321 g/mol. The van der Waals surface area contributed by atoms with Crippen LogP contribution in [0.15, 0.2) is 24.3 Å². The molecule has 0 bridgehead atoms. The van der Waals surface area contributed by atoms with Gasteiger partial charge in [0, 0.05) is 36.7 Å². The van der Waals surface area contributed by atoms with Crippen LogP contribution in [0.25, 0.3) is 0 Å². The number of hydrogen-bond donors (Lipinski definition) is 3. The lowest BCUT2D eigenvalue weighted by Gasteiger charge is -2.30. The zero-order chi connectivity index (χ0) is 16.7. The number of carbonyl (C=O) groups is 1. The van der Waals surface area contributed by atoms with Gasteiger partial charge in [-0.25, -0.2) is 4.79 Å². The number of hydrogen-bond acceptors (Lipinski definition) is 4. The number of amides is 2. The summed E-state index contributed by atoms with van der Waals surface area (Å²) < 4.78 is 0. The van der Waals surface area contributed by atoms with Crippen LogP contribution >= 0.6 is 0 Å². The van der Waals surface area contributed by atoms with Crippen LogP contribution in [-0.2, 0) is 6.42 Å². The van der Waals surface area contributed by atoms with Crippen molar-refractivity contribution in [1.82, 2.24) is 10.6 Å². The second kappa shape index (κ2) is 8.47. The normalized spacial score (nSPS) is 20.7. The van der Waals surface area contributed by atoms with Gasteiger partial charge in [-0.15, -0.1) is 0 Å². The summed E-state index contributed by atoms with van der Waals surface area (Å²) in [6, 6.07) is 6.24. The fourth-order valence-electron chi connectivity index (χ4n) is 3.05. The zero-order valence-electron chi connectivity index (χ0n) is 13.0. The summed E-state index contributed by atoms with van der Waals surface area (Å²) in [5, 5.41) is 25.9. The van der Waals surface area contributed by atoms with E-state index in [4.69, 9.17) is 0 Å². The van der Waals surface area contributed by atoms with Crippen molar-refractivity contribution < 1.29 is 14.8 Å². The van der Waals surface area contributed by atoms with Crippen LogP contribution in [0.3, 0.4) is 0 Å². The first-order valence-corrected chi connectivity index (χ1v) is 7.99. The molecule has 1 aromatic carbocycles. The van der Waals surface area contributed by atoms with E-state index in [1.165, 1.54) is 6.07 Å². The molecule has 0 unspecified atom stereocenters.